The predicted molar refractivity (Wildman–Crippen MR) is 100 cm³/mol. The van der Waals surface area contributed by atoms with E-state index in [4.69, 9.17) is 0 Å². The van der Waals surface area contributed by atoms with Crippen molar-refractivity contribution in [1.82, 2.24) is 4.90 Å². The number of hydrogen-bond acceptors (Lipinski definition) is 2. The van der Waals surface area contributed by atoms with Crippen molar-refractivity contribution < 1.29 is 4.79 Å². The maximum atomic E-state index is 10.5. The molecule has 0 aliphatic carbocycles. The van der Waals surface area contributed by atoms with Gasteiger partial charge in [0.2, 0.25) is 0 Å². The molecule has 1 unspecified atom stereocenters. The third kappa shape index (κ3) is 4.33. The lowest BCUT2D eigenvalue weighted by Crippen LogP contribution is -2.28. The summed E-state index contributed by atoms with van der Waals surface area (Å²) in [5.41, 5.74) is 5.14. The molecule has 0 spiro atoms. The number of benzene rings is 2. The van der Waals surface area contributed by atoms with Crippen LogP contribution in [-0.2, 0) is 17.6 Å². The molecule has 1 heterocycles. The van der Waals surface area contributed by atoms with Gasteiger partial charge in [0.15, 0.2) is 0 Å². The minimum Gasteiger partial charge on any atom is -0.303 e. The second-order valence-corrected chi connectivity index (χ2v) is 6.88. The monoisotopic (exact) mass is 321 g/mol. The Bertz CT molecular complexity index is 645. The minimum atomic E-state index is 0.601. The molecule has 0 N–H and O–H groups in total. The lowest BCUT2D eigenvalue weighted by atomic mass is 10.0. The van der Waals surface area contributed by atoms with Crippen LogP contribution in [0.25, 0.3) is 11.1 Å². The van der Waals surface area contributed by atoms with E-state index < -0.39 is 0 Å². The van der Waals surface area contributed by atoms with E-state index in [0.717, 1.165) is 25.2 Å². The number of hydrogen-bond donors (Lipinski definition) is 0. The molecule has 1 fully saturated rings. The highest BCUT2D eigenvalue weighted by molar-refractivity contribution is 5.64. The van der Waals surface area contributed by atoms with Crippen LogP contribution in [0, 0.1) is 0 Å². The Labute approximate surface area is 145 Å². The summed E-state index contributed by atoms with van der Waals surface area (Å²) in [6.07, 6.45) is 6.25. The van der Waals surface area contributed by atoms with Gasteiger partial charge in [0.1, 0.15) is 6.29 Å². The van der Waals surface area contributed by atoms with Gasteiger partial charge in [-0.1, -0.05) is 48.5 Å². The highest BCUT2D eigenvalue weighted by atomic mass is 16.1. The predicted octanol–water partition coefficient (Wildman–Crippen LogP) is 4.51. The molecule has 0 bridgehead atoms. The van der Waals surface area contributed by atoms with E-state index in [1.54, 1.807) is 0 Å². The number of carbonyl (C=O) groups is 1. The van der Waals surface area contributed by atoms with Gasteiger partial charge in [0.05, 0.1) is 0 Å². The van der Waals surface area contributed by atoms with Gasteiger partial charge < -0.3 is 9.69 Å². The molecule has 0 saturated carbocycles. The molecule has 2 nitrogen and oxygen atoms in total. The number of aldehydes is 1. The number of likely N-dealkylation sites (tertiary alicyclic amines) is 1. The van der Waals surface area contributed by atoms with Crippen molar-refractivity contribution in [3.05, 3.63) is 59.7 Å². The summed E-state index contributed by atoms with van der Waals surface area (Å²) in [4.78, 5) is 13.1. The molecular formula is C22H27NO. The Morgan fingerprint density at radius 2 is 1.54 bits per heavy atom. The molecule has 2 aromatic carbocycles. The van der Waals surface area contributed by atoms with Crippen LogP contribution in [-0.4, -0.2) is 30.3 Å². The van der Waals surface area contributed by atoms with Crippen molar-refractivity contribution in [3.8, 4) is 11.1 Å². The highest BCUT2D eigenvalue weighted by Crippen LogP contribution is 2.22. The van der Waals surface area contributed by atoms with E-state index in [2.05, 4.69) is 60.4 Å². The first-order valence-electron chi connectivity index (χ1n) is 9.12. The fourth-order valence-corrected chi connectivity index (χ4v) is 3.55. The fraction of sp³-hybridized carbons (Fsp3) is 0.409. The van der Waals surface area contributed by atoms with Crippen molar-refractivity contribution in [2.45, 2.75) is 45.1 Å². The average molecular weight is 321 g/mol. The van der Waals surface area contributed by atoms with Crippen molar-refractivity contribution in [2.24, 2.45) is 0 Å². The quantitative estimate of drug-likeness (QED) is 0.699. The van der Waals surface area contributed by atoms with E-state index in [1.165, 1.54) is 48.2 Å². The second kappa shape index (κ2) is 8.25. The first kappa shape index (κ1) is 16.9. The summed E-state index contributed by atoms with van der Waals surface area (Å²) in [5.74, 6) is 0. The summed E-state index contributed by atoms with van der Waals surface area (Å²) in [5, 5.41) is 0. The second-order valence-electron chi connectivity index (χ2n) is 6.88. The Hall–Kier alpha value is -1.93. The molecule has 0 aromatic heterocycles. The van der Waals surface area contributed by atoms with E-state index >= 15 is 0 Å². The Morgan fingerprint density at radius 1 is 0.958 bits per heavy atom. The maximum Gasteiger partial charge on any atom is 0.120 e. The summed E-state index contributed by atoms with van der Waals surface area (Å²) >= 11 is 0. The van der Waals surface area contributed by atoms with Crippen LogP contribution < -0.4 is 0 Å². The van der Waals surface area contributed by atoms with Crippen LogP contribution in [0.2, 0.25) is 0 Å². The van der Waals surface area contributed by atoms with Gasteiger partial charge in [-0.3, -0.25) is 0 Å². The van der Waals surface area contributed by atoms with Crippen molar-refractivity contribution in [2.75, 3.05) is 13.1 Å². The number of rotatable bonds is 7. The molecule has 3 rings (SSSR count). The molecule has 1 aliphatic rings. The van der Waals surface area contributed by atoms with Gasteiger partial charge >= 0.3 is 0 Å². The van der Waals surface area contributed by atoms with Crippen LogP contribution in [0.3, 0.4) is 0 Å². The molecule has 2 aromatic rings. The molecule has 1 atom stereocenters. The molecule has 1 aliphatic heterocycles. The average Bonchev–Trinajstić information content (AvgIpc) is 3.04. The van der Waals surface area contributed by atoms with E-state index in [9.17, 15) is 4.79 Å². The standard InChI is InChI=1S/C22H27NO/c1-18-4-2-15-23(18)16-14-20-8-12-22(13-9-20)21-10-6-19(7-11-21)5-3-17-24/h6-13,17-18H,2-5,14-16H2,1H3. The Balaban J connectivity index is 1.58. The maximum absolute atomic E-state index is 10.5. The van der Waals surface area contributed by atoms with Gasteiger partial charge in [0.25, 0.3) is 0 Å². The van der Waals surface area contributed by atoms with Gasteiger partial charge in [-0.25, -0.2) is 0 Å². The van der Waals surface area contributed by atoms with Crippen LogP contribution in [0.15, 0.2) is 48.5 Å². The largest absolute Gasteiger partial charge is 0.303 e. The molecule has 1 saturated heterocycles. The fourth-order valence-electron chi connectivity index (χ4n) is 3.55. The first-order chi connectivity index (χ1) is 11.8. The zero-order valence-corrected chi connectivity index (χ0v) is 14.6. The molecule has 0 radical (unpaired) electrons. The Morgan fingerprint density at radius 3 is 2.04 bits per heavy atom. The van der Waals surface area contributed by atoms with Crippen molar-refractivity contribution in [1.29, 1.82) is 0 Å². The lowest BCUT2D eigenvalue weighted by molar-refractivity contribution is -0.107. The third-order valence-corrected chi connectivity index (χ3v) is 5.17. The van der Waals surface area contributed by atoms with Crippen LogP contribution >= 0.6 is 0 Å². The normalized spacial score (nSPS) is 18.0. The van der Waals surface area contributed by atoms with Crippen LogP contribution in [0.1, 0.15) is 37.3 Å². The molecular weight excluding hydrogens is 294 g/mol. The molecule has 2 heteroatoms. The highest BCUT2D eigenvalue weighted by Gasteiger charge is 2.19. The lowest BCUT2D eigenvalue weighted by Gasteiger charge is -2.20. The SMILES string of the molecule is CC1CCCN1CCc1ccc(-c2ccc(CCC=O)cc2)cc1. The summed E-state index contributed by atoms with van der Waals surface area (Å²) in [7, 11) is 0. The van der Waals surface area contributed by atoms with E-state index in [-0.39, 0.29) is 0 Å². The topological polar surface area (TPSA) is 20.3 Å². The number of carbonyl (C=O) groups excluding carboxylic acids is 1. The summed E-state index contributed by atoms with van der Waals surface area (Å²) < 4.78 is 0. The third-order valence-electron chi connectivity index (χ3n) is 5.17. The smallest absolute Gasteiger partial charge is 0.120 e. The number of aryl methyl sites for hydroxylation is 1. The zero-order chi connectivity index (χ0) is 16.8. The van der Waals surface area contributed by atoms with E-state index in [0.29, 0.717) is 6.42 Å². The minimum absolute atomic E-state index is 0.601. The summed E-state index contributed by atoms with van der Waals surface area (Å²) in [6.45, 7) is 4.77. The molecule has 126 valence electrons. The molecule has 0 amide bonds. The van der Waals surface area contributed by atoms with Crippen LogP contribution in [0.5, 0.6) is 0 Å². The number of nitrogens with zero attached hydrogens (tertiary/aromatic N) is 1. The van der Waals surface area contributed by atoms with Crippen molar-refractivity contribution >= 4 is 6.29 Å². The van der Waals surface area contributed by atoms with Gasteiger partial charge in [0, 0.05) is 19.0 Å². The zero-order valence-electron chi connectivity index (χ0n) is 14.6. The first-order valence-corrected chi connectivity index (χ1v) is 9.12. The van der Waals surface area contributed by atoms with E-state index in [1.807, 2.05) is 0 Å². The molecule has 24 heavy (non-hydrogen) atoms. The van der Waals surface area contributed by atoms with Gasteiger partial charge in [-0.2, -0.15) is 0 Å². The van der Waals surface area contributed by atoms with Gasteiger partial charge in [-0.15, -0.1) is 0 Å². The Kier molecular flexibility index (Phi) is 5.81. The van der Waals surface area contributed by atoms with Crippen molar-refractivity contribution in [3.63, 3.8) is 0 Å². The summed E-state index contributed by atoms with van der Waals surface area (Å²) in [6, 6.07) is 18.3. The van der Waals surface area contributed by atoms with Crippen LogP contribution in [0.4, 0.5) is 0 Å². The van der Waals surface area contributed by atoms with Gasteiger partial charge in [-0.05, 0) is 61.4 Å².